The third-order valence-electron chi connectivity index (χ3n) is 1.98. The maximum atomic E-state index is 11.4. The summed E-state index contributed by atoms with van der Waals surface area (Å²) in [5, 5.41) is 11.2. The highest BCUT2D eigenvalue weighted by molar-refractivity contribution is 5.85. The maximum absolute atomic E-state index is 11.4. The van der Waals surface area contributed by atoms with E-state index in [2.05, 4.69) is 5.32 Å². The Morgan fingerprint density at radius 3 is 2.40 bits per heavy atom. The van der Waals surface area contributed by atoms with Gasteiger partial charge in [-0.15, -0.1) is 0 Å². The van der Waals surface area contributed by atoms with Crippen LogP contribution in [0.2, 0.25) is 0 Å². The Bertz CT molecular complexity index is 217. The fraction of sp³-hybridized carbons (Fsp3) is 0.800. The molecule has 0 bridgehead atoms. The molecular weight excluding hydrogens is 198 g/mol. The molecule has 0 heterocycles. The second-order valence-corrected chi connectivity index (χ2v) is 3.29. The van der Waals surface area contributed by atoms with E-state index in [1.54, 1.807) is 13.8 Å². The topological polar surface area (TPSA) is 75.6 Å². The molecule has 0 saturated heterocycles. The number of nitrogens with one attached hydrogen (secondary N) is 1. The predicted octanol–water partition coefficient (Wildman–Crippen LogP) is 0.781. The van der Waals surface area contributed by atoms with Gasteiger partial charge in [0.25, 0.3) is 0 Å². The molecule has 0 aliphatic heterocycles. The van der Waals surface area contributed by atoms with Gasteiger partial charge < -0.3 is 15.2 Å². The molecule has 0 aromatic carbocycles. The Labute approximate surface area is 89.8 Å². The van der Waals surface area contributed by atoms with Crippen molar-refractivity contribution >= 4 is 11.9 Å². The first kappa shape index (κ1) is 13.9. The molecule has 0 spiro atoms. The molecule has 1 amide bonds. The molecule has 2 atom stereocenters. The van der Waals surface area contributed by atoms with Crippen LogP contribution in [0.1, 0.15) is 33.6 Å². The number of hydrogen-bond acceptors (Lipinski definition) is 3. The number of hydrogen-bond donors (Lipinski definition) is 2. The molecule has 0 aliphatic rings. The van der Waals surface area contributed by atoms with Crippen LogP contribution in [0.5, 0.6) is 0 Å². The van der Waals surface area contributed by atoms with Gasteiger partial charge in [0, 0.05) is 6.61 Å². The number of carboxylic acid groups (broad SMARTS) is 1. The first-order valence-corrected chi connectivity index (χ1v) is 5.17. The smallest absolute Gasteiger partial charge is 0.326 e. The SMILES string of the molecule is CCCC(NC(=O)C(C)OCC)C(=O)O. The Balaban J connectivity index is 4.15. The number of carboxylic acids is 1. The van der Waals surface area contributed by atoms with Crippen LogP contribution in [-0.2, 0) is 14.3 Å². The van der Waals surface area contributed by atoms with E-state index >= 15 is 0 Å². The third kappa shape index (κ3) is 5.37. The standard InChI is InChI=1S/C10H19NO4/c1-4-6-8(10(13)14)11-9(12)7(3)15-5-2/h7-8H,4-6H2,1-3H3,(H,11,12)(H,13,14). The lowest BCUT2D eigenvalue weighted by atomic mass is 10.1. The van der Waals surface area contributed by atoms with E-state index in [-0.39, 0.29) is 5.91 Å². The van der Waals surface area contributed by atoms with Gasteiger partial charge in [0.05, 0.1) is 0 Å². The first-order chi connectivity index (χ1) is 7.02. The number of amides is 1. The lowest BCUT2D eigenvalue weighted by molar-refractivity contribution is -0.144. The molecule has 5 nitrogen and oxygen atoms in total. The number of ether oxygens (including phenoxy) is 1. The Kier molecular flexibility index (Phi) is 6.70. The zero-order chi connectivity index (χ0) is 11.8. The Morgan fingerprint density at radius 1 is 1.40 bits per heavy atom. The molecule has 0 fully saturated rings. The third-order valence-corrected chi connectivity index (χ3v) is 1.98. The van der Waals surface area contributed by atoms with Gasteiger partial charge in [-0.3, -0.25) is 4.79 Å². The molecule has 88 valence electrons. The Morgan fingerprint density at radius 2 is 2.00 bits per heavy atom. The van der Waals surface area contributed by atoms with Crippen molar-refractivity contribution in [2.24, 2.45) is 0 Å². The monoisotopic (exact) mass is 217 g/mol. The largest absolute Gasteiger partial charge is 0.480 e. The normalized spacial score (nSPS) is 14.3. The van der Waals surface area contributed by atoms with E-state index in [0.29, 0.717) is 19.4 Å². The summed E-state index contributed by atoms with van der Waals surface area (Å²) in [5.74, 6) is -1.38. The molecule has 0 aromatic heterocycles. The van der Waals surface area contributed by atoms with Crippen LogP contribution in [0.25, 0.3) is 0 Å². The fourth-order valence-electron chi connectivity index (χ4n) is 1.16. The van der Waals surface area contributed by atoms with Crippen molar-refractivity contribution in [2.75, 3.05) is 6.61 Å². The van der Waals surface area contributed by atoms with Crippen LogP contribution >= 0.6 is 0 Å². The van der Waals surface area contributed by atoms with Crippen LogP contribution in [0.4, 0.5) is 0 Å². The number of carbonyl (C=O) groups excluding carboxylic acids is 1. The lowest BCUT2D eigenvalue weighted by Gasteiger charge is -2.17. The first-order valence-electron chi connectivity index (χ1n) is 5.17. The highest BCUT2D eigenvalue weighted by Gasteiger charge is 2.21. The van der Waals surface area contributed by atoms with Crippen molar-refractivity contribution in [3.05, 3.63) is 0 Å². The van der Waals surface area contributed by atoms with Gasteiger partial charge in [-0.25, -0.2) is 4.79 Å². The van der Waals surface area contributed by atoms with Crippen LogP contribution < -0.4 is 5.32 Å². The molecule has 0 rings (SSSR count). The molecule has 0 saturated carbocycles. The van der Waals surface area contributed by atoms with E-state index in [9.17, 15) is 9.59 Å². The lowest BCUT2D eigenvalue weighted by Crippen LogP contribution is -2.45. The second kappa shape index (κ2) is 7.23. The summed E-state index contributed by atoms with van der Waals surface area (Å²) in [4.78, 5) is 22.2. The van der Waals surface area contributed by atoms with E-state index in [1.807, 2.05) is 6.92 Å². The quantitative estimate of drug-likeness (QED) is 0.660. The summed E-state index contributed by atoms with van der Waals surface area (Å²) in [6, 6.07) is -0.814. The summed E-state index contributed by atoms with van der Waals surface area (Å²) in [6.07, 6.45) is 0.536. The zero-order valence-electron chi connectivity index (χ0n) is 9.45. The van der Waals surface area contributed by atoms with Crippen molar-refractivity contribution in [2.45, 2.75) is 45.8 Å². The van der Waals surface area contributed by atoms with E-state index < -0.39 is 18.1 Å². The molecule has 0 radical (unpaired) electrons. The van der Waals surface area contributed by atoms with Crippen LogP contribution in [0.15, 0.2) is 0 Å². The number of aliphatic carboxylic acids is 1. The predicted molar refractivity (Wildman–Crippen MR) is 55.6 cm³/mol. The minimum Gasteiger partial charge on any atom is -0.480 e. The Hall–Kier alpha value is -1.10. The van der Waals surface area contributed by atoms with Gasteiger partial charge in [-0.05, 0) is 20.3 Å². The number of carbonyl (C=O) groups is 2. The average Bonchev–Trinajstić information content (AvgIpc) is 2.17. The summed E-state index contributed by atoms with van der Waals surface area (Å²) < 4.78 is 5.06. The number of rotatable bonds is 7. The van der Waals surface area contributed by atoms with Crippen molar-refractivity contribution in [3.63, 3.8) is 0 Å². The molecule has 2 unspecified atom stereocenters. The average molecular weight is 217 g/mol. The summed E-state index contributed by atoms with van der Waals surface area (Å²) >= 11 is 0. The second-order valence-electron chi connectivity index (χ2n) is 3.29. The van der Waals surface area contributed by atoms with E-state index in [4.69, 9.17) is 9.84 Å². The van der Waals surface area contributed by atoms with Crippen LogP contribution in [-0.4, -0.2) is 35.7 Å². The minimum absolute atomic E-state index is 0.377. The highest BCUT2D eigenvalue weighted by Crippen LogP contribution is 1.99. The highest BCUT2D eigenvalue weighted by atomic mass is 16.5. The van der Waals surface area contributed by atoms with Gasteiger partial charge >= 0.3 is 5.97 Å². The van der Waals surface area contributed by atoms with Gasteiger partial charge in [0.2, 0.25) is 5.91 Å². The molecular formula is C10H19NO4. The van der Waals surface area contributed by atoms with Crippen LogP contribution in [0.3, 0.4) is 0 Å². The minimum atomic E-state index is -1.01. The van der Waals surface area contributed by atoms with Gasteiger partial charge in [-0.1, -0.05) is 13.3 Å². The molecule has 5 heteroatoms. The van der Waals surface area contributed by atoms with Crippen LogP contribution in [0, 0.1) is 0 Å². The zero-order valence-corrected chi connectivity index (χ0v) is 9.45. The molecule has 0 aromatic rings. The summed E-state index contributed by atoms with van der Waals surface area (Å²) in [5.41, 5.74) is 0. The van der Waals surface area contributed by atoms with Crippen molar-refractivity contribution in [1.29, 1.82) is 0 Å². The molecule has 15 heavy (non-hydrogen) atoms. The van der Waals surface area contributed by atoms with Crippen molar-refractivity contribution < 1.29 is 19.4 Å². The maximum Gasteiger partial charge on any atom is 0.326 e. The van der Waals surface area contributed by atoms with Gasteiger partial charge in [0.1, 0.15) is 12.1 Å². The van der Waals surface area contributed by atoms with Gasteiger partial charge in [-0.2, -0.15) is 0 Å². The summed E-state index contributed by atoms with van der Waals surface area (Å²) in [7, 11) is 0. The van der Waals surface area contributed by atoms with E-state index in [0.717, 1.165) is 0 Å². The molecule has 2 N–H and O–H groups in total. The molecule has 0 aliphatic carbocycles. The fourth-order valence-corrected chi connectivity index (χ4v) is 1.16. The van der Waals surface area contributed by atoms with Gasteiger partial charge in [0.15, 0.2) is 0 Å². The van der Waals surface area contributed by atoms with Crippen molar-refractivity contribution in [1.82, 2.24) is 5.32 Å². The van der Waals surface area contributed by atoms with Crippen molar-refractivity contribution in [3.8, 4) is 0 Å². The summed E-state index contributed by atoms with van der Waals surface area (Å²) in [6.45, 7) is 5.68. The van der Waals surface area contributed by atoms with E-state index in [1.165, 1.54) is 0 Å².